The number of nitrogens with two attached hydrogens (primary N) is 2. The largest absolute Gasteiger partial charge is 0.486 e. The number of hydrogen-bond acceptors (Lipinski definition) is 7. The number of aryl methyl sites for hydroxylation is 1. The van der Waals surface area contributed by atoms with Crippen molar-refractivity contribution in [3.05, 3.63) is 75.2 Å². The average molecular weight is 478 g/mol. The molecule has 0 saturated carbocycles. The van der Waals surface area contributed by atoms with Gasteiger partial charge in [0.2, 0.25) is 0 Å². The van der Waals surface area contributed by atoms with Crippen molar-refractivity contribution in [1.82, 2.24) is 9.97 Å². The maximum Gasteiger partial charge on any atom is 0.124 e. The van der Waals surface area contributed by atoms with E-state index in [9.17, 15) is 0 Å². The molecule has 0 aliphatic rings. The number of nitrogen functional groups attached to an aromatic ring is 2. The lowest BCUT2D eigenvalue weighted by Gasteiger charge is -2.19. The zero-order valence-electron chi connectivity index (χ0n) is 17.7. The third-order valence-electron chi connectivity index (χ3n) is 4.27. The maximum atomic E-state index is 8.45. The molecule has 0 bridgehead atoms. The molecule has 2 heterocycles. The van der Waals surface area contributed by atoms with E-state index < -0.39 is 6.10 Å². The molecule has 9 heteroatoms. The Labute approximate surface area is 196 Å². The van der Waals surface area contributed by atoms with Crippen LogP contribution in [0.3, 0.4) is 0 Å². The van der Waals surface area contributed by atoms with Crippen LogP contribution in [0.25, 0.3) is 0 Å². The molecule has 0 fully saturated rings. The Bertz CT molecular complexity index is 1060. The number of thioether (sulfide) groups is 1. The highest BCUT2D eigenvalue weighted by atomic mass is 35.5. The van der Waals surface area contributed by atoms with Crippen molar-refractivity contribution < 1.29 is 4.74 Å². The van der Waals surface area contributed by atoms with Gasteiger partial charge in [-0.2, -0.15) is 11.8 Å². The van der Waals surface area contributed by atoms with Crippen molar-refractivity contribution in [3.8, 4) is 5.75 Å². The summed E-state index contributed by atoms with van der Waals surface area (Å²) in [6.45, 7) is 3.65. The van der Waals surface area contributed by atoms with Gasteiger partial charge in [0.25, 0.3) is 0 Å². The summed E-state index contributed by atoms with van der Waals surface area (Å²) in [5.41, 5.74) is 14.8. The van der Waals surface area contributed by atoms with Gasteiger partial charge in [-0.25, -0.2) is 4.98 Å². The number of nitrogens with one attached hydrogen (secondary N) is 1. The van der Waals surface area contributed by atoms with Gasteiger partial charge >= 0.3 is 0 Å². The van der Waals surface area contributed by atoms with Gasteiger partial charge in [0.1, 0.15) is 17.7 Å². The van der Waals surface area contributed by atoms with Gasteiger partial charge in [-0.1, -0.05) is 23.2 Å². The number of benzene rings is 1. The second-order valence-corrected chi connectivity index (χ2v) is 8.28. The first-order valence-electron chi connectivity index (χ1n) is 9.27. The zero-order valence-corrected chi connectivity index (χ0v) is 20.1. The summed E-state index contributed by atoms with van der Waals surface area (Å²) in [7, 11) is 0. The number of rotatable bonds is 5. The van der Waals surface area contributed by atoms with Crippen molar-refractivity contribution in [2.24, 2.45) is 0 Å². The second kappa shape index (κ2) is 11.2. The predicted octanol–water partition coefficient (Wildman–Crippen LogP) is 5.79. The normalized spacial score (nSPS) is 11.3. The SMILES string of the molecule is CSC.Cc1ncc(Cl)c([C@@H](C)Oc2ccc(N)c(C(=N)c3ccc(N)nc3)c2)c1Cl. The topological polar surface area (TPSA) is 111 Å². The Morgan fingerprint density at radius 1 is 1.10 bits per heavy atom. The van der Waals surface area contributed by atoms with E-state index in [2.05, 4.69) is 9.97 Å². The van der Waals surface area contributed by atoms with Gasteiger partial charge < -0.3 is 16.2 Å². The monoisotopic (exact) mass is 477 g/mol. The van der Waals surface area contributed by atoms with Crippen LogP contribution in [0, 0.1) is 12.3 Å². The zero-order chi connectivity index (χ0) is 23.1. The number of ether oxygens (including phenoxy) is 1. The fourth-order valence-electron chi connectivity index (χ4n) is 2.75. The Morgan fingerprint density at radius 2 is 1.77 bits per heavy atom. The van der Waals surface area contributed by atoms with Crippen LogP contribution < -0.4 is 16.2 Å². The number of pyridine rings is 2. The number of nitrogens with zero attached hydrogens (tertiary/aromatic N) is 2. The van der Waals surface area contributed by atoms with Gasteiger partial charge in [-0.05, 0) is 56.7 Å². The molecule has 1 aromatic carbocycles. The quantitative estimate of drug-likeness (QED) is 0.316. The molecule has 2 aromatic heterocycles. The first-order chi connectivity index (χ1) is 14.7. The molecule has 3 aromatic rings. The van der Waals surface area contributed by atoms with Gasteiger partial charge in [0.05, 0.1) is 21.5 Å². The smallest absolute Gasteiger partial charge is 0.124 e. The Kier molecular flexibility index (Phi) is 8.98. The van der Waals surface area contributed by atoms with Gasteiger partial charge in [-0.3, -0.25) is 10.4 Å². The molecule has 0 amide bonds. The van der Waals surface area contributed by atoms with E-state index in [-0.39, 0.29) is 5.71 Å². The van der Waals surface area contributed by atoms with Crippen LogP contribution in [0.2, 0.25) is 10.0 Å². The van der Waals surface area contributed by atoms with Gasteiger partial charge in [0.15, 0.2) is 0 Å². The third kappa shape index (κ3) is 6.26. The molecule has 164 valence electrons. The van der Waals surface area contributed by atoms with Crippen LogP contribution in [-0.2, 0) is 0 Å². The number of halogens is 2. The molecule has 0 aliphatic carbocycles. The lowest BCUT2D eigenvalue weighted by molar-refractivity contribution is 0.227. The Hall–Kier alpha value is -2.48. The van der Waals surface area contributed by atoms with Crippen molar-refractivity contribution in [1.29, 1.82) is 5.41 Å². The molecule has 3 rings (SSSR count). The summed E-state index contributed by atoms with van der Waals surface area (Å²) in [5.74, 6) is 0.920. The second-order valence-electron chi connectivity index (χ2n) is 6.68. The highest BCUT2D eigenvalue weighted by molar-refractivity contribution is 7.97. The van der Waals surface area contributed by atoms with Crippen molar-refractivity contribution in [2.75, 3.05) is 24.0 Å². The standard InChI is InChI=1S/C20H19Cl2N5O.C2H6S/c1-10-19(22)18(15(21)9-26-10)11(2)28-13-4-5-16(23)14(7-13)20(25)12-3-6-17(24)27-8-12;1-3-2/h3-9,11,25H,23H2,1-2H3,(H2,24,27);1-2H3/t11-;/m1./s1. The average Bonchev–Trinajstić information content (AvgIpc) is 2.73. The minimum atomic E-state index is -0.425. The van der Waals surface area contributed by atoms with Crippen LogP contribution >= 0.6 is 35.0 Å². The van der Waals surface area contributed by atoms with Crippen molar-refractivity contribution in [2.45, 2.75) is 20.0 Å². The maximum absolute atomic E-state index is 8.45. The van der Waals surface area contributed by atoms with E-state index in [1.54, 1.807) is 55.2 Å². The molecule has 0 unspecified atom stereocenters. The van der Waals surface area contributed by atoms with Gasteiger partial charge in [0, 0.05) is 34.8 Å². The minimum absolute atomic E-state index is 0.221. The summed E-state index contributed by atoms with van der Waals surface area (Å²) in [5, 5.41) is 9.35. The van der Waals surface area contributed by atoms with E-state index in [0.29, 0.717) is 49.7 Å². The lowest BCUT2D eigenvalue weighted by atomic mass is 10.0. The summed E-state index contributed by atoms with van der Waals surface area (Å²) >= 11 is 14.4. The first kappa shape index (κ1) is 24.8. The number of anilines is 2. The van der Waals surface area contributed by atoms with E-state index in [0.717, 1.165) is 0 Å². The Balaban J connectivity index is 0.00000107. The molecule has 0 saturated heterocycles. The summed E-state index contributed by atoms with van der Waals surface area (Å²) in [6, 6.07) is 8.50. The highest BCUT2D eigenvalue weighted by Crippen LogP contribution is 2.35. The lowest BCUT2D eigenvalue weighted by Crippen LogP contribution is -2.09. The first-order valence-corrected chi connectivity index (χ1v) is 11.7. The number of hydrogen-bond donors (Lipinski definition) is 3. The predicted molar refractivity (Wildman–Crippen MR) is 133 cm³/mol. The van der Waals surface area contributed by atoms with E-state index in [4.69, 9.17) is 44.8 Å². The molecule has 5 N–H and O–H groups in total. The van der Waals surface area contributed by atoms with E-state index in [1.165, 1.54) is 6.20 Å². The fraction of sp³-hybridized carbons (Fsp3) is 0.227. The van der Waals surface area contributed by atoms with Crippen LogP contribution in [0.5, 0.6) is 5.75 Å². The van der Waals surface area contributed by atoms with Gasteiger partial charge in [-0.15, -0.1) is 0 Å². The molecule has 0 radical (unpaired) electrons. The summed E-state index contributed by atoms with van der Waals surface area (Å²) < 4.78 is 6.03. The van der Waals surface area contributed by atoms with Crippen LogP contribution in [0.15, 0.2) is 42.7 Å². The highest BCUT2D eigenvalue weighted by Gasteiger charge is 2.19. The molecular weight excluding hydrogens is 453 g/mol. The fourth-order valence-corrected chi connectivity index (χ4v) is 3.40. The minimum Gasteiger partial charge on any atom is -0.486 e. The molecule has 31 heavy (non-hydrogen) atoms. The Morgan fingerprint density at radius 3 is 2.39 bits per heavy atom. The molecule has 1 atom stereocenters. The molecule has 0 spiro atoms. The molecule has 6 nitrogen and oxygen atoms in total. The summed E-state index contributed by atoms with van der Waals surface area (Å²) in [4.78, 5) is 8.16. The van der Waals surface area contributed by atoms with Crippen molar-refractivity contribution >= 4 is 52.2 Å². The molecular formula is C22H25Cl2N5OS. The van der Waals surface area contributed by atoms with Crippen molar-refractivity contribution in [3.63, 3.8) is 0 Å². The third-order valence-corrected chi connectivity index (χ3v) is 5.05. The van der Waals surface area contributed by atoms with Crippen LogP contribution in [0.4, 0.5) is 11.5 Å². The summed E-state index contributed by atoms with van der Waals surface area (Å²) in [6.07, 6.45) is 6.74. The van der Waals surface area contributed by atoms with Crippen LogP contribution in [0.1, 0.15) is 35.4 Å². The molecule has 0 aliphatic heterocycles. The number of aromatic nitrogens is 2. The van der Waals surface area contributed by atoms with E-state index in [1.807, 2.05) is 19.4 Å². The van der Waals surface area contributed by atoms with E-state index >= 15 is 0 Å². The van der Waals surface area contributed by atoms with Crippen LogP contribution in [-0.4, -0.2) is 28.2 Å².